The molecule has 0 aromatic rings. The van der Waals surface area contributed by atoms with E-state index in [1.165, 1.54) is 12.2 Å². The summed E-state index contributed by atoms with van der Waals surface area (Å²) in [5, 5.41) is 9.45. The van der Waals surface area contributed by atoms with Crippen molar-refractivity contribution in [3.63, 3.8) is 0 Å². The third-order valence-electron chi connectivity index (χ3n) is 3.87. The van der Waals surface area contributed by atoms with Gasteiger partial charge in [-0.05, 0) is 38.0 Å². The fraction of sp³-hybridized carbons (Fsp3) is 0.909. The fourth-order valence-electron chi connectivity index (χ4n) is 2.96. The zero-order chi connectivity index (χ0) is 10.9. The van der Waals surface area contributed by atoms with Crippen LogP contribution in [0.15, 0.2) is 0 Å². The molecule has 2 fully saturated rings. The summed E-state index contributed by atoms with van der Waals surface area (Å²) < 4.78 is 0. The van der Waals surface area contributed by atoms with Crippen molar-refractivity contribution in [1.82, 2.24) is 4.90 Å². The van der Waals surface area contributed by atoms with Crippen molar-refractivity contribution < 1.29 is 9.90 Å². The fourth-order valence-corrected chi connectivity index (χ4v) is 4.18. The Kier molecular flexibility index (Phi) is 3.26. The van der Waals surface area contributed by atoms with Gasteiger partial charge in [0.15, 0.2) is 0 Å². The van der Waals surface area contributed by atoms with Crippen LogP contribution in [0.25, 0.3) is 0 Å². The highest BCUT2D eigenvalue weighted by Crippen LogP contribution is 2.38. The van der Waals surface area contributed by atoms with E-state index in [4.69, 9.17) is 0 Å². The highest BCUT2D eigenvalue weighted by atomic mass is 32.2. The minimum absolute atomic E-state index is 0.508. The van der Waals surface area contributed by atoms with Crippen LogP contribution in [0.4, 0.5) is 0 Å². The molecule has 0 amide bonds. The van der Waals surface area contributed by atoms with Crippen molar-refractivity contribution in [2.75, 3.05) is 18.1 Å². The Morgan fingerprint density at radius 1 is 1.67 bits per heavy atom. The van der Waals surface area contributed by atoms with Gasteiger partial charge in [-0.1, -0.05) is 6.92 Å². The lowest BCUT2D eigenvalue weighted by atomic mass is 9.91. The second-order valence-electron chi connectivity index (χ2n) is 4.50. The highest BCUT2D eigenvalue weighted by molar-refractivity contribution is 7.99. The molecule has 0 aromatic carbocycles. The molecule has 3 nitrogen and oxygen atoms in total. The second-order valence-corrected chi connectivity index (χ2v) is 5.65. The molecule has 2 unspecified atom stereocenters. The third-order valence-corrected chi connectivity index (χ3v) is 5.01. The molecule has 2 saturated heterocycles. The van der Waals surface area contributed by atoms with Crippen LogP contribution in [0.1, 0.15) is 32.6 Å². The zero-order valence-electron chi connectivity index (χ0n) is 9.24. The molecule has 2 atom stereocenters. The Morgan fingerprint density at radius 2 is 2.47 bits per heavy atom. The minimum Gasteiger partial charge on any atom is -0.480 e. The molecule has 2 aliphatic rings. The van der Waals surface area contributed by atoms with E-state index in [1.54, 1.807) is 0 Å². The monoisotopic (exact) mass is 229 g/mol. The van der Waals surface area contributed by atoms with Gasteiger partial charge < -0.3 is 5.11 Å². The summed E-state index contributed by atoms with van der Waals surface area (Å²) in [6.07, 6.45) is 3.78. The van der Waals surface area contributed by atoms with Gasteiger partial charge in [0.25, 0.3) is 0 Å². The molecule has 2 heterocycles. The van der Waals surface area contributed by atoms with Gasteiger partial charge in [-0.25, -0.2) is 0 Å². The standard InChI is InChI=1S/C11H19NO2S/c1-2-11(10(13)14)5-3-6-12(11)9-4-7-15-8-9/h9H,2-8H2,1H3,(H,13,14). The van der Waals surface area contributed by atoms with Crippen LogP contribution >= 0.6 is 11.8 Å². The van der Waals surface area contributed by atoms with Crippen LogP contribution in [-0.2, 0) is 4.79 Å². The number of rotatable bonds is 3. The molecule has 4 heteroatoms. The maximum atomic E-state index is 11.5. The smallest absolute Gasteiger partial charge is 0.324 e. The number of carbonyl (C=O) groups is 1. The van der Waals surface area contributed by atoms with Gasteiger partial charge in [-0.2, -0.15) is 11.8 Å². The summed E-state index contributed by atoms with van der Waals surface area (Å²) in [6.45, 7) is 2.99. The lowest BCUT2D eigenvalue weighted by Crippen LogP contribution is -2.54. The van der Waals surface area contributed by atoms with Crippen LogP contribution in [0.2, 0.25) is 0 Å². The topological polar surface area (TPSA) is 40.5 Å². The molecular formula is C11H19NO2S. The van der Waals surface area contributed by atoms with Crippen molar-refractivity contribution in [1.29, 1.82) is 0 Å². The molecule has 15 heavy (non-hydrogen) atoms. The summed E-state index contributed by atoms with van der Waals surface area (Å²) >= 11 is 1.96. The third kappa shape index (κ3) is 1.78. The number of nitrogens with zero attached hydrogens (tertiary/aromatic N) is 1. The van der Waals surface area contributed by atoms with Gasteiger partial charge in [0, 0.05) is 11.8 Å². The number of thioether (sulfide) groups is 1. The quantitative estimate of drug-likeness (QED) is 0.801. The van der Waals surface area contributed by atoms with Gasteiger partial charge in [-0.15, -0.1) is 0 Å². The molecular weight excluding hydrogens is 210 g/mol. The predicted octanol–water partition coefficient (Wildman–Crippen LogP) is 1.82. The maximum Gasteiger partial charge on any atom is 0.324 e. The molecule has 0 saturated carbocycles. The average Bonchev–Trinajstić information content (AvgIpc) is 2.86. The summed E-state index contributed by atoms with van der Waals surface area (Å²) in [6, 6.07) is 0.508. The number of carboxylic acids is 1. The predicted molar refractivity (Wildman–Crippen MR) is 62.3 cm³/mol. The van der Waals surface area contributed by atoms with Crippen LogP contribution in [0.3, 0.4) is 0 Å². The average molecular weight is 229 g/mol. The Morgan fingerprint density at radius 3 is 3.00 bits per heavy atom. The van der Waals surface area contributed by atoms with Crippen LogP contribution in [-0.4, -0.2) is 45.6 Å². The van der Waals surface area contributed by atoms with E-state index in [9.17, 15) is 9.90 Å². The minimum atomic E-state index is -0.612. The van der Waals surface area contributed by atoms with E-state index in [1.807, 2.05) is 18.7 Å². The Bertz CT molecular complexity index is 253. The normalized spacial score (nSPS) is 37.3. The van der Waals surface area contributed by atoms with E-state index in [0.717, 1.165) is 31.6 Å². The number of hydrogen-bond donors (Lipinski definition) is 1. The van der Waals surface area contributed by atoms with E-state index in [-0.39, 0.29) is 0 Å². The number of aliphatic carboxylic acids is 1. The summed E-state index contributed by atoms with van der Waals surface area (Å²) in [7, 11) is 0. The Balaban J connectivity index is 2.18. The van der Waals surface area contributed by atoms with Crippen molar-refractivity contribution in [2.24, 2.45) is 0 Å². The number of hydrogen-bond acceptors (Lipinski definition) is 3. The second kappa shape index (κ2) is 4.34. The molecule has 0 aromatic heterocycles. The summed E-state index contributed by atoms with van der Waals surface area (Å²) in [5.74, 6) is 1.70. The van der Waals surface area contributed by atoms with E-state index in [2.05, 4.69) is 4.90 Å². The Hall–Kier alpha value is -0.220. The van der Waals surface area contributed by atoms with Crippen molar-refractivity contribution in [2.45, 2.75) is 44.2 Å². The Labute approximate surface area is 95.2 Å². The van der Waals surface area contributed by atoms with E-state index < -0.39 is 11.5 Å². The van der Waals surface area contributed by atoms with Gasteiger partial charge >= 0.3 is 5.97 Å². The molecule has 0 radical (unpaired) electrons. The van der Waals surface area contributed by atoms with Crippen molar-refractivity contribution in [3.05, 3.63) is 0 Å². The molecule has 0 bridgehead atoms. The van der Waals surface area contributed by atoms with Gasteiger partial charge in [-0.3, -0.25) is 9.69 Å². The SMILES string of the molecule is CCC1(C(=O)O)CCCN1C1CCSC1. The highest BCUT2D eigenvalue weighted by Gasteiger charge is 2.49. The molecule has 0 spiro atoms. The first-order chi connectivity index (χ1) is 7.20. The van der Waals surface area contributed by atoms with Crippen molar-refractivity contribution >= 4 is 17.7 Å². The van der Waals surface area contributed by atoms with Crippen molar-refractivity contribution in [3.8, 4) is 0 Å². The van der Waals surface area contributed by atoms with Gasteiger partial charge in [0.05, 0.1) is 0 Å². The lowest BCUT2D eigenvalue weighted by molar-refractivity contribution is -0.151. The largest absolute Gasteiger partial charge is 0.480 e. The lowest BCUT2D eigenvalue weighted by Gasteiger charge is -2.37. The first kappa shape index (κ1) is 11.3. The van der Waals surface area contributed by atoms with Gasteiger partial charge in [0.1, 0.15) is 5.54 Å². The molecule has 0 aliphatic carbocycles. The number of likely N-dealkylation sites (tertiary alicyclic amines) is 1. The van der Waals surface area contributed by atoms with Crippen LogP contribution < -0.4 is 0 Å². The van der Waals surface area contributed by atoms with E-state index in [0.29, 0.717) is 6.04 Å². The summed E-state index contributed by atoms with van der Waals surface area (Å²) in [4.78, 5) is 13.7. The molecule has 2 rings (SSSR count). The van der Waals surface area contributed by atoms with E-state index >= 15 is 0 Å². The molecule has 86 valence electrons. The number of carboxylic acid groups (broad SMARTS) is 1. The molecule has 2 aliphatic heterocycles. The zero-order valence-corrected chi connectivity index (χ0v) is 10.1. The summed E-state index contributed by atoms with van der Waals surface area (Å²) in [5.41, 5.74) is -0.546. The first-order valence-electron chi connectivity index (χ1n) is 5.78. The first-order valence-corrected chi connectivity index (χ1v) is 6.94. The van der Waals surface area contributed by atoms with Crippen LogP contribution in [0.5, 0.6) is 0 Å². The van der Waals surface area contributed by atoms with Crippen LogP contribution in [0, 0.1) is 0 Å². The maximum absolute atomic E-state index is 11.5. The molecule has 1 N–H and O–H groups in total. The van der Waals surface area contributed by atoms with Gasteiger partial charge in [0.2, 0.25) is 0 Å².